The highest BCUT2D eigenvalue weighted by molar-refractivity contribution is 6.04. The molecule has 3 aromatic heterocycles. The third-order valence-electron chi connectivity index (χ3n) is 5.17. The molecule has 4 rings (SSSR count). The van der Waals surface area contributed by atoms with Crippen molar-refractivity contribution in [3.63, 3.8) is 0 Å². The summed E-state index contributed by atoms with van der Waals surface area (Å²) in [5.74, 6) is 2.30. The van der Waals surface area contributed by atoms with E-state index in [1.807, 2.05) is 13.8 Å². The van der Waals surface area contributed by atoms with Gasteiger partial charge < -0.3 is 29.4 Å². The van der Waals surface area contributed by atoms with Crippen molar-refractivity contribution in [1.82, 2.24) is 19.7 Å². The molecule has 0 aliphatic heterocycles. The van der Waals surface area contributed by atoms with E-state index in [0.29, 0.717) is 40.1 Å². The number of ether oxygens (including phenoxy) is 4. The summed E-state index contributed by atoms with van der Waals surface area (Å²) in [4.78, 5) is 21.6. The summed E-state index contributed by atoms with van der Waals surface area (Å²) in [6, 6.07) is 8.62. The van der Waals surface area contributed by atoms with Crippen LogP contribution < -0.4 is 24.3 Å². The van der Waals surface area contributed by atoms with E-state index in [-0.39, 0.29) is 18.3 Å². The second kappa shape index (κ2) is 11.1. The van der Waals surface area contributed by atoms with Crippen molar-refractivity contribution < 1.29 is 28.8 Å². The average Bonchev–Trinajstić information content (AvgIpc) is 3.25. The van der Waals surface area contributed by atoms with E-state index >= 15 is 0 Å². The molecule has 3 heterocycles. The van der Waals surface area contributed by atoms with Crippen LogP contribution in [0.15, 0.2) is 48.9 Å². The lowest BCUT2D eigenvalue weighted by molar-refractivity contribution is 0.101. The number of amides is 1. The number of carbonyl (C=O) groups is 1. The third-order valence-corrected chi connectivity index (χ3v) is 5.17. The Morgan fingerprint density at radius 1 is 1.03 bits per heavy atom. The number of pyridine rings is 2. The van der Waals surface area contributed by atoms with Crippen LogP contribution in [0.25, 0.3) is 10.9 Å². The van der Waals surface area contributed by atoms with Crippen LogP contribution in [0.2, 0.25) is 0 Å². The molecule has 0 bridgehead atoms. The topological polar surface area (TPSA) is 130 Å². The number of hydrogen-bond acceptors (Lipinski definition) is 9. The van der Waals surface area contributed by atoms with Crippen molar-refractivity contribution >= 4 is 22.6 Å². The molecule has 0 radical (unpaired) electrons. The van der Waals surface area contributed by atoms with E-state index in [1.165, 1.54) is 10.9 Å². The maximum Gasteiger partial charge on any atom is 0.281 e. The first-order valence-corrected chi connectivity index (χ1v) is 11.7. The van der Waals surface area contributed by atoms with Crippen LogP contribution in [0, 0.1) is 0 Å². The van der Waals surface area contributed by atoms with Crippen LogP contribution in [0.1, 0.15) is 31.3 Å². The third kappa shape index (κ3) is 6.07. The van der Waals surface area contributed by atoms with Gasteiger partial charge in [0.15, 0.2) is 22.9 Å². The first-order valence-electron chi connectivity index (χ1n) is 11.7. The van der Waals surface area contributed by atoms with Gasteiger partial charge >= 0.3 is 0 Å². The molecule has 0 spiro atoms. The van der Waals surface area contributed by atoms with Gasteiger partial charge in [0.1, 0.15) is 17.3 Å². The molecule has 37 heavy (non-hydrogen) atoms. The van der Waals surface area contributed by atoms with Crippen molar-refractivity contribution in [3.05, 3.63) is 54.6 Å². The monoisotopic (exact) mass is 507 g/mol. The van der Waals surface area contributed by atoms with Gasteiger partial charge in [0, 0.05) is 17.6 Å². The molecule has 0 saturated carbocycles. The number of aliphatic hydroxyl groups is 1. The molecule has 1 amide bonds. The number of fused-ring (bicyclic) bond motifs is 1. The second-order valence-electron chi connectivity index (χ2n) is 8.55. The Bertz CT molecular complexity index is 1380. The fourth-order valence-electron chi connectivity index (χ4n) is 3.62. The van der Waals surface area contributed by atoms with Crippen molar-refractivity contribution in [2.75, 3.05) is 19.5 Å². The lowest BCUT2D eigenvalue weighted by atomic mass is 10.2. The molecule has 4 aromatic rings. The first kappa shape index (κ1) is 25.7. The van der Waals surface area contributed by atoms with Gasteiger partial charge in [0.05, 0.1) is 50.9 Å². The van der Waals surface area contributed by atoms with Crippen LogP contribution >= 0.6 is 0 Å². The Kier molecular flexibility index (Phi) is 7.73. The maximum absolute atomic E-state index is 12.9. The zero-order chi connectivity index (χ0) is 26.5. The lowest BCUT2D eigenvalue weighted by Gasteiger charge is -2.12. The minimum absolute atomic E-state index is 0.101. The molecule has 2 N–H and O–H groups in total. The number of aliphatic hydroxyl groups excluding tert-OH is 1. The van der Waals surface area contributed by atoms with Crippen LogP contribution in [0.4, 0.5) is 5.82 Å². The van der Waals surface area contributed by atoms with Gasteiger partial charge in [-0.2, -0.15) is 5.10 Å². The molecule has 11 nitrogen and oxygen atoms in total. The smallest absolute Gasteiger partial charge is 0.281 e. The fraction of sp³-hybridized carbons (Fsp3) is 0.308. The van der Waals surface area contributed by atoms with Crippen LogP contribution in [-0.4, -0.2) is 57.2 Å². The number of hydrogen-bond donors (Lipinski definition) is 2. The molecule has 0 aliphatic rings. The number of carbonyl (C=O) groups excluding carboxylic acids is 1. The Morgan fingerprint density at radius 3 is 2.43 bits per heavy atom. The van der Waals surface area contributed by atoms with Crippen molar-refractivity contribution in [2.24, 2.45) is 0 Å². The Labute approximate surface area is 214 Å². The number of nitrogens with one attached hydrogen (secondary N) is 1. The van der Waals surface area contributed by atoms with Crippen molar-refractivity contribution in [2.45, 2.75) is 39.5 Å². The summed E-state index contributed by atoms with van der Waals surface area (Å²) in [6.07, 6.45) is 3.95. The van der Waals surface area contributed by atoms with Crippen molar-refractivity contribution in [3.8, 4) is 28.7 Å². The van der Waals surface area contributed by atoms with E-state index in [0.717, 1.165) is 5.39 Å². The van der Waals surface area contributed by atoms with Gasteiger partial charge in [-0.05, 0) is 45.0 Å². The average molecular weight is 508 g/mol. The largest absolute Gasteiger partial charge is 0.493 e. The molecule has 0 fully saturated rings. The molecule has 1 unspecified atom stereocenters. The molecule has 0 saturated heterocycles. The molecular formula is C26H29N5O6. The minimum atomic E-state index is -0.627. The minimum Gasteiger partial charge on any atom is -0.493 e. The molecule has 1 atom stereocenters. The standard InChI is InChI=1S/C26H29N5O6/c1-15(2)36-23-14-31(13-16(3)32)30-25(23)26(33)29-24-7-6-17(12-28-24)37-20-8-9-27-19-11-22(35-5)21(34-4)10-18(19)20/h6-12,14-16,32H,13H2,1-5H3,(H,28,29,33). The highest BCUT2D eigenvalue weighted by Gasteiger charge is 2.20. The quantitative estimate of drug-likeness (QED) is 0.326. The second-order valence-corrected chi connectivity index (χ2v) is 8.55. The Balaban J connectivity index is 1.51. The number of anilines is 1. The summed E-state index contributed by atoms with van der Waals surface area (Å²) < 4.78 is 24.0. The predicted octanol–water partition coefficient (Wildman–Crippen LogP) is 4.06. The van der Waals surface area contributed by atoms with Gasteiger partial charge in [-0.3, -0.25) is 14.5 Å². The molecular weight excluding hydrogens is 478 g/mol. The highest BCUT2D eigenvalue weighted by atomic mass is 16.5. The lowest BCUT2D eigenvalue weighted by Crippen LogP contribution is -2.17. The Morgan fingerprint density at radius 2 is 1.78 bits per heavy atom. The molecule has 194 valence electrons. The summed E-state index contributed by atoms with van der Waals surface area (Å²) in [5.41, 5.74) is 0.783. The van der Waals surface area contributed by atoms with Gasteiger partial charge in [-0.25, -0.2) is 4.98 Å². The van der Waals surface area contributed by atoms with Crippen LogP contribution in [-0.2, 0) is 6.54 Å². The summed E-state index contributed by atoms with van der Waals surface area (Å²) in [7, 11) is 3.13. The van der Waals surface area contributed by atoms with E-state index in [2.05, 4.69) is 20.4 Å². The van der Waals surface area contributed by atoms with E-state index in [9.17, 15) is 9.90 Å². The number of methoxy groups -OCH3 is 2. The summed E-state index contributed by atoms with van der Waals surface area (Å²) in [6.45, 7) is 5.58. The van der Waals surface area contributed by atoms with Crippen LogP contribution in [0.3, 0.4) is 0 Å². The predicted molar refractivity (Wildman–Crippen MR) is 137 cm³/mol. The number of rotatable bonds is 10. The zero-order valence-corrected chi connectivity index (χ0v) is 21.3. The summed E-state index contributed by atoms with van der Waals surface area (Å²) in [5, 5.41) is 17.4. The molecule has 0 aliphatic carbocycles. The number of benzene rings is 1. The van der Waals surface area contributed by atoms with Gasteiger partial charge in [-0.1, -0.05) is 0 Å². The summed E-state index contributed by atoms with van der Waals surface area (Å²) >= 11 is 0. The van der Waals surface area contributed by atoms with Crippen LogP contribution in [0.5, 0.6) is 28.7 Å². The van der Waals surface area contributed by atoms with E-state index < -0.39 is 12.0 Å². The van der Waals surface area contributed by atoms with Gasteiger partial charge in [-0.15, -0.1) is 0 Å². The SMILES string of the molecule is COc1cc2nccc(Oc3ccc(NC(=O)c4nn(CC(C)O)cc4OC(C)C)nc3)c2cc1OC. The zero-order valence-electron chi connectivity index (χ0n) is 21.3. The first-order chi connectivity index (χ1) is 17.8. The highest BCUT2D eigenvalue weighted by Crippen LogP contribution is 2.36. The van der Waals surface area contributed by atoms with Crippen molar-refractivity contribution in [1.29, 1.82) is 0 Å². The Hall–Kier alpha value is -4.38. The number of nitrogens with zero attached hydrogens (tertiary/aromatic N) is 4. The fourth-order valence-corrected chi connectivity index (χ4v) is 3.62. The molecule has 11 heteroatoms. The molecule has 1 aromatic carbocycles. The van der Waals surface area contributed by atoms with E-state index in [1.54, 1.807) is 63.9 Å². The van der Waals surface area contributed by atoms with Gasteiger partial charge in [0.2, 0.25) is 0 Å². The van der Waals surface area contributed by atoms with E-state index in [4.69, 9.17) is 18.9 Å². The van der Waals surface area contributed by atoms with Gasteiger partial charge in [0.25, 0.3) is 5.91 Å². The number of aromatic nitrogens is 4. The maximum atomic E-state index is 12.9. The normalized spacial score (nSPS) is 11.9.